The fourth-order valence-corrected chi connectivity index (χ4v) is 1.49. The monoisotopic (exact) mass is 285 g/mol. The number of rotatable bonds is 6. The van der Waals surface area contributed by atoms with Crippen molar-refractivity contribution in [1.82, 2.24) is 0 Å². The molecular weight excluding hydrogens is 261 g/mol. The molecule has 1 rings (SSSR count). The van der Waals surface area contributed by atoms with Gasteiger partial charge in [-0.3, -0.25) is 0 Å². The molecule has 0 radical (unpaired) electrons. The molecule has 2 nitrogen and oxygen atoms in total. The Labute approximate surface area is 120 Å². The van der Waals surface area contributed by atoms with Gasteiger partial charge in [0, 0.05) is 5.75 Å². The Hall–Kier alpha value is -0.840. The number of benzene rings is 1. The molecule has 3 N–H and O–H groups in total. The number of hydrogen-bond donors (Lipinski definition) is 2. The fraction of sp³-hybridized carbons (Fsp3) is 0.467. The average molecular weight is 285 g/mol. The van der Waals surface area contributed by atoms with Crippen molar-refractivity contribution < 1.29 is 8.94 Å². The third kappa shape index (κ3) is 12.0. The molecule has 4 heteroatoms. The lowest BCUT2D eigenvalue weighted by molar-refractivity contribution is 0.627. The van der Waals surface area contributed by atoms with E-state index in [1.54, 1.807) is 12.1 Å². The van der Waals surface area contributed by atoms with Gasteiger partial charge in [0.25, 0.3) is 0 Å². The van der Waals surface area contributed by atoms with Gasteiger partial charge in [-0.05, 0) is 55.0 Å². The van der Waals surface area contributed by atoms with E-state index in [4.69, 9.17) is 10.3 Å². The first-order valence-electron chi connectivity index (χ1n) is 6.48. The van der Waals surface area contributed by atoms with Crippen LogP contribution in [0.25, 0.3) is 6.08 Å². The van der Waals surface area contributed by atoms with Crippen molar-refractivity contribution in [2.75, 3.05) is 12.3 Å². The molecule has 0 bridgehead atoms. The Kier molecular flexibility index (Phi) is 11.7. The maximum absolute atomic E-state index is 12.5. The number of halogens is 1. The molecule has 19 heavy (non-hydrogen) atoms. The maximum Gasteiger partial charge on any atom is 0.123 e. The van der Waals surface area contributed by atoms with Gasteiger partial charge in [0.1, 0.15) is 5.82 Å². The van der Waals surface area contributed by atoms with Gasteiger partial charge in [-0.1, -0.05) is 38.1 Å². The van der Waals surface area contributed by atoms with Gasteiger partial charge in [0.05, 0.1) is 0 Å². The lowest BCUT2D eigenvalue weighted by Gasteiger charge is -1.97. The molecule has 0 aliphatic carbocycles. The molecule has 108 valence electrons. The summed E-state index contributed by atoms with van der Waals surface area (Å²) in [6.45, 7) is 5.03. The SMILES string of the molecule is CC(C)C/C=C/c1ccc(F)cc1.NCCCSO. The van der Waals surface area contributed by atoms with Crippen LogP contribution in [0.5, 0.6) is 0 Å². The third-order valence-electron chi connectivity index (χ3n) is 2.23. The van der Waals surface area contributed by atoms with E-state index >= 15 is 0 Å². The second-order valence-electron chi connectivity index (χ2n) is 4.56. The van der Waals surface area contributed by atoms with Crippen LogP contribution in [0.4, 0.5) is 4.39 Å². The largest absolute Gasteiger partial charge is 0.330 e. The molecular formula is C15H24FNOS. The van der Waals surface area contributed by atoms with Crippen LogP contribution in [0.1, 0.15) is 32.3 Å². The topological polar surface area (TPSA) is 46.2 Å². The molecule has 0 aromatic heterocycles. The van der Waals surface area contributed by atoms with Crippen LogP contribution in [-0.2, 0) is 0 Å². The molecule has 0 atom stereocenters. The standard InChI is InChI=1S/C12H15F.C3H9NOS/c1-10(2)4-3-5-11-6-8-12(13)9-7-11;4-2-1-3-6-5/h3,5-10H,4H2,1-2H3;5H,1-4H2/b5-3+;. The van der Waals surface area contributed by atoms with Crippen molar-refractivity contribution in [3.63, 3.8) is 0 Å². The van der Waals surface area contributed by atoms with Gasteiger partial charge in [0.2, 0.25) is 0 Å². The summed E-state index contributed by atoms with van der Waals surface area (Å²) in [7, 11) is 0. The summed E-state index contributed by atoms with van der Waals surface area (Å²) >= 11 is 0.846. The Balaban J connectivity index is 0.000000459. The summed E-state index contributed by atoms with van der Waals surface area (Å²) in [6.07, 6.45) is 6.12. The van der Waals surface area contributed by atoms with E-state index in [1.165, 1.54) is 12.1 Å². The van der Waals surface area contributed by atoms with Crippen LogP contribution in [0.2, 0.25) is 0 Å². The molecule has 0 heterocycles. The molecule has 0 unspecified atom stereocenters. The Morgan fingerprint density at radius 2 is 1.95 bits per heavy atom. The lowest BCUT2D eigenvalue weighted by Crippen LogP contribution is -1.98. The highest BCUT2D eigenvalue weighted by molar-refractivity contribution is 7.93. The van der Waals surface area contributed by atoms with E-state index in [0.29, 0.717) is 12.5 Å². The van der Waals surface area contributed by atoms with Crippen LogP contribution in [-0.4, -0.2) is 16.9 Å². The smallest absolute Gasteiger partial charge is 0.123 e. The van der Waals surface area contributed by atoms with Crippen LogP contribution >= 0.6 is 12.0 Å². The summed E-state index contributed by atoms with van der Waals surface area (Å²) < 4.78 is 20.6. The molecule has 1 aromatic carbocycles. The molecule has 0 amide bonds. The van der Waals surface area contributed by atoms with Crippen molar-refractivity contribution in [2.24, 2.45) is 11.7 Å². The van der Waals surface area contributed by atoms with Crippen molar-refractivity contribution in [1.29, 1.82) is 0 Å². The predicted octanol–water partition coefficient (Wildman–Crippen LogP) is 4.43. The number of hydrogen-bond acceptors (Lipinski definition) is 3. The van der Waals surface area contributed by atoms with Crippen molar-refractivity contribution in [2.45, 2.75) is 26.7 Å². The van der Waals surface area contributed by atoms with E-state index in [0.717, 1.165) is 36.2 Å². The molecule has 1 aromatic rings. The summed E-state index contributed by atoms with van der Waals surface area (Å²) in [6, 6.07) is 6.53. The number of allylic oxidation sites excluding steroid dienone is 1. The van der Waals surface area contributed by atoms with Crippen molar-refractivity contribution >= 4 is 18.1 Å². The van der Waals surface area contributed by atoms with Gasteiger partial charge >= 0.3 is 0 Å². The Bertz CT molecular complexity index is 335. The molecule has 0 aliphatic rings. The molecule has 0 spiro atoms. The van der Waals surface area contributed by atoms with Gasteiger partial charge in [-0.15, -0.1) is 0 Å². The summed E-state index contributed by atoms with van der Waals surface area (Å²) in [5.41, 5.74) is 6.15. The molecule has 0 fully saturated rings. The summed E-state index contributed by atoms with van der Waals surface area (Å²) in [4.78, 5) is 0. The maximum atomic E-state index is 12.5. The van der Waals surface area contributed by atoms with E-state index in [2.05, 4.69) is 19.9 Å². The minimum atomic E-state index is -0.180. The normalized spacial score (nSPS) is 10.6. The Morgan fingerprint density at radius 1 is 1.32 bits per heavy atom. The first-order chi connectivity index (χ1) is 9.10. The third-order valence-corrected chi connectivity index (χ3v) is 2.70. The van der Waals surface area contributed by atoms with E-state index in [9.17, 15) is 4.39 Å². The highest BCUT2D eigenvalue weighted by Gasteiger charge is 1.90. The summed E-state index contributed by atoms with van der Waals surface area (Å²) in [5.74, 6) is 1.26. The molecule has 0 aliphatic heterocycles. The fourth-order valence-electron chi connectivity index (χ4n) is 1.20. The van der Waals surface area contributed by atoms with Crippen LogP contribution in [0, 0.1) is 11.7 Å². The van der Waals surface area contributed by atoms with Crippen molar-refractivity contribution in [3.05, 3.63) is 41.7 Å². The molecule has 0 saturated heterocycles. The highest BCUT2D eigenvalue weighted by Crippen LogP contribution is 2.07. The average Bonchev–Trinajstić information content (AvgIpc) is 2.39. The Morgan fingerprint density at radius 3 is 2.37 bits per heavy atom. The van der Waals surface area contributed by atoms with E-state index in [-0.39, 0.29) is 5.82 Å². The predicted molar refractivity (Wildman–Crippen MR) is 83.6 cm³/mol. The second-order valence-corrected chi connectivity index (χ2v) is 5.23. The zero-order valence-electron chi connectivity index (χ0n) is 11.7. The van der Waals surface area contributed by atoms with Crippen LogP contribution in [0.15, 0.2) is 30.3 Å². The minimum absolute atomic E-state index is 0.180. The van der Waals surface area contributed by atoms with E-state index < -0.39 is 0 Å². The zero-order chi connectivity index (χ0) is 14.5. The van der Waals surface area contributed by atoms with Crippen molar-refractivity contribution in [3.8, 4) is 0 Å². The zero-order valence-corrected chi connectivity index (χ0v) is 12.5. The molecule has 0 saturated carbocycles. The van der Waals surface area contributed by atoms with Crippen LogP contribution in [0.3, 0.4) is 0 Å². The van der Waals surface area contributed by atoms with Gasteiger partial charge in [-0.2, -0.15) is 0 Å². The highest BCUT2D eigenvalue weighted by atomic mass is 32.2. The van der Waals surface area contributed by atoms with Gasteiger partial charge in [-0.25, -0.2) is 4.39 Å². The quantitative estimate of drug-likeness (QED) is 0.600. The van der Waals surface area contributed by atoms with Gasteiger partial charge < -0.3 is 10.3 Å². The second kappa shape index (κ2) is 12.2. The first kappa shape index (κ1) is 18.2. The number of nitrogens with two attached hydrogens (primary N) is 1. The van der Waals surface area contributed by atoms with E-state index in [1.807, 2.05) is 6.08 Å². The first-order valence-corrected chi connectivity index (χ1v) is 7.43. The summed E-state index contributed by atoms with van der Waals surface area (Å²) in [5, 5.41) is 0. The van der Waals surface area contributed by atoms with Gasteiger partial charge in [0.15, 0.2) is 0 Å². The van der Waals surface area contributed by atoms with Crippen LogP contribution < -0.4 is 5.73 Å². The minimum Gasteiger partial charge on any atom is -0.330 e. The lowest BCUT2D eigenvalue weighted by atomic mass is 10.1.